The molecular formula is C16H15N5O2. The van der Waals surface area contributed by atoms with Gasteiger partial charge in [0.05, 0.1) is 24.4 Å². The number of hydrogen-bond donors (Lipinski definition) is 2. The predicted octanol–water partition coefficient (Wildman–Crippen LogP) is 1.74. The van der Waals surface area contributed by atoms with Crippen LogP contribution in [0.4, 0.5) is 23.0 Å². The van der Waals surface area contributed by atoms with Crippen LogP contribution in [0.5, 0.6) is 5.75 Å². The minimum Gasteiger partial charge on any atom is -0.494 e. The Morgan fingerprint density at radius 3 is 2.65 bits per heavy atom. The fourth-order valence-electron chi connectivity index (χ4n) is 2.60. The highest BCUT2D eigenvalue weighted by Gasteiger charge is 2.33. The van der Waals surface area contributed by atoms with Gasteiger partial charge in [-0.2, -0.15) is 5.26 Å². The molecule has 1 amide bonds. The highest BCUT2D eigenvalue weighted by Crippen LogP contribution is 2.39. The molecule has 0 unspecified atom stereocenters. The fourth-order valence-corrected chi connectivity index (χ4v) is 2.60. The number of amides is 1. The normalized spacial score (nSPS) is 12.9. The number of ether oxygens (including phenoxy) is 1. The maximum Gasteiger partial charge on any atom is 0.237 e. The third-order valence-corrected chi connectivity index (χ3v) is 3.65. The van der Waals surface area contributed by atoms with Gasteiger partial charge >= 0.3 is 0 Å². The molecule has 3 rings (SSSR count). The van der Waals surface area contributed by atoms with E-state index in [0.29, 0.717) is 23.7 Å². The Morgan fingerprint density at radius 1 is 1.35 bits per heavy atom. The first kappa shape index (κ1) is 14.7. The third-order valence-electron chi connectivity index (χ3n) is 3.65. The molecule has 7 heteroatoms. The summed E-state index contributed by atoms with van der Waals surface area (Å²) in [6.07, 6.45) is 0.0936. The summed E-state index contributed by atoms with van der Waals surface area (Å²) < 4.78 is 5.39. The first-order valence-corrected chi connectivity index (χ1v) is 7.10. The molecule has 4 N–H and O–H groups in total. The summed E-state index contributed by atoms with van der Waals surface area (Å²) in [7, 11) is 0. The Kier molecular flexibility index (Phi) is 3.50. The van der Waals surface area contributed by atoms with Crippen molar-refractivity contribution in [2.24, 2.45) is 0 Å². The average Bonchev–Trinajstić information content (AvgIpc) is 2.85. The Morgan fingerprint density at radius 2 is 2.04 bits per heavy atom. The largest absolute Gasteiger partial charge is 0.494 e. The zero-order valence-corrected chi connectivity index (χ0v) is 12.5. The lowest BCUT2D eigenvalue weighted by atomic mass is 10.1. The van der Waals surface area contributed by atoms with Crippen molar-refractivity contribution in [3.8, 4) is 11.8 Å². The number of rotatable bonds is 3. The van der Waals surface area contributed by atoms with Crippen molar-refractivity contribution in [2.45, 2.75) is 13.3 Å². The highest BCUT2D eigenvalue weighted by molar-refractivity contribution is 6.08. The second kappa shape index (κ2) is 5.50. The summed E-state index contributed by atoms with van der Waals surface area (Å²) in [5.41, 5.74) is 13.3. The number of fused-ring (bicyclic) bond motifs is 1. The summed E-state index contributed by atoms with van der Waals surface area (Å²) in [6, 6.07) is 9.02. The predicted molar refractivity (Wildman–Crippen MR) is 86.2 cm³/mol. The van der Waals surface area contributed by atoms with Crippen molar-refractivity contribution >= 4 is 28.9 Å². The minimum absolute atomic E-state index is 0.0226. The topological polar surface area (TPSA) is 118 Å². The molecule has 23 heavy (non-hydrogen) atoms. The molecule has 1 aromatic heterocycles. The maximum atomic E-state index is 12.4. The van der Waals surface area contributed by atoms with Crippen LogP contribution in [-0.2, 0) is 11.2 Å². The lowest BCUT2D eigenvalue weighted by Gasteiger charge is -2.18. The van der Waals surface area contributed by atoms with Crippen LogP contribution in [-0.4, -0.2) is 17.5 Å². The number of pyridine rings is 1. The van der Waals surface area contributed by atoms with E-state index in [1.165, 1.54) is 4.90 Å². The highest BCUT2D eigenvalue weighted by atomic mass is 16.5. The number of aromatic nitrogens is 1. The standard InChI is InChI=1S/C16H15N5O2/c1-2-23-10-5-3-9(4-6-10)21-13(22)7-11-14(18)12(8-17)15(19)20-16(11)21/h3-6H,2,7H2,1H3,(H4,18,19,20). The van der Waals surface area contributed by atoms with Crippen molar-refractivity contribution in [2.75, 3.05) is 23.0 Å². The second-order valence-corrected chi connectivity index (χ2v) is 5.03. The maximum absolute atomic E-state index is 12.4. The van der Waals surface area contributed by atoms with E-state index in [2.05, 4.69) is 4.98 Å². The monoisotopic (exact) mass is 309 g/mol. The molecule has 0 radical (unpaired) electrons. The van der Waals surface area contributed by atoms with E-state index in [1.807, 2.05) is 13.0 Å². The molecule has 0 saturated heterocycles. The number of hydrogen-bond acceptors (Lipinski definition) is 6. The van der Waals surface area contributed by atoms with E-state index in [-0.39, 0.29) is 29.4 Å². The van der Waals surface area contributed by atoms with Gasteiger partial charge in [-0.1, -0.05) is 0 Å². The van der Waals surface area contributed by atoms with Crippen LogP contribution in [0.1, 0.15) is 18.1 Å². The van der Waals surface area contributed by atoms with Gasteiger partial charge in [0.25, 0.3) is 0 Å². The SMILES string of the molecule is CCOc1ccc(N2C(=O)Cc3c2nc(N)c(C#N)c3N)cc1. The molecule has 0 atom stereocenters. The molecule has 1 aliphatic heterocycles. The lowest BCUT2D eigenvalue weighted by molar-refractivity contribution is -0.116. The second-order valence-electron chi connectivity index (χ2n) is 5.03. The Labute approximate surface area is 133 Å². The number of nitriles is 1. The van der Waals surface area contributed by atoms with E-state index in [1.54, 1.807) is 24.3 Å². The molecule has 1 aromatic carbocycles. The van der Waals surface area contributed by atoms with Crippen molar-refractivity contribution in [1.29, 1.82) is 5.26 Å². The molecule has 1 aliphatic rings. The number of nitrogens with zero attached hydrogens (tertiary/aromatic N) is 3. The Bertz CT molecular complexity index is 824. The van der Waals surface area contributed by atoms with Gasteiger partial charge in [-0.05, 0) is 31.2 Å². The van der Waals surface area contributed by atoms with Crippen LogP contribution in [0.2, 0.25) is 0 Å². The first-order chi connectivity index (χ1) is 11.1. The van der Waals surface area contributed by atoms with Crippen molar-refractivity contribution in [3.05, 3.63) is 35.4 Å². The summed E-state index contributed by atoms with van der Waals surface area (Å²) in [4.78, 5) is 18.0. The quantitative estimate of drug-likeness (QED) is 0.891. The van der Waals surface area contributed by atoms with Crippen LogP contribution in [0, 0.1) is 11.3 Å². The fraction of sp³-hybridized carbons (Fsp3) is 0.188. The number of carbonyl (C=O) groups excluding carboxylic acids is 1. The number of benzene rings is 1. The molecule has 0 aliphatic carbocycles. The number of anilines is 4. The summed E-state index contributed by atoms with van der Waals surface area (Å²) >= 11 is 0. The van der Waals surface area contributed by atoms with Crippen molar-refractivity contribution < 1.29 is 9.53 Å². The number of carbonyl (C=O) groups is 1. The van der Waals surface area contributed by atoms with E-state index >= 15 is 0 Å². The Balaban J connectivity index is 2.07. The van der Waals surface area contributed by atoms with Gasteiger partial charge in [0.1, 0.15) is 29.0 Å². The van der Waals surface area contributed by atoms with Gasteiger partial charge in [0, 0.05) is 5.56 Å². The van der Waals surface area contributed by atoms with Gasteiger partial charge in [-0.3, -0.25) is 9.69 Å². The van der Waals surface area contributed by atoms with Gasteiger partial charge < -0.3 is 16.2 Å². The molecule has 0 spiro atoms. The van der Waals surface area contributed by atoms with E-state index in [0.717, 1.165) is 5.75 Å². The number of nitrogens with two attached hydrogens (primary N) is 2. The third kappa shape index (κ3) is 2.30. The van der Waals surface area contributed by atoms with Crippen molar-refractivity contribution in [1.82, 2.24) is 4.98 Å². The van der Waals surface area contributed by atoms with Gasteiger partial charge in [0.2, 0.25) is 5.91 Å². The number of nitrogen functional groups attached to an aromatic ring is 2. The first-order valence-electron chi connectivity index (χ1n) is 7.10. The van der Waals surface area contributed by atoms with Crippen LogP contribution in [0.15, 0.2) is 24.3 Å². The summed E-state index contributed by atoms with van der Waals surface area (Å²) in [5.74, 6) is 0.954. The smallest absolute Gasteiger partial charge is 0.237 e. The van der Waals surface area contributed by atoms with E-state index < -0.39 is 0 Å². The lowest BCUT2D eigenvalue weighted by Crippen LogP contribution is -2.21. The molecule has 0 fully saturated rings. The zero-order chi connectivity index (χ0) is 16.6. The summed E-state index contributed by atoms with van der Waals surface area (Å²) in [6.45, 7) is 2.47. The average molecular weight is 309 g/mol. The van der Waals surface area contributed by atoms with Gasteiger partial charge in [-0.25, -0.2) is 4.98 Å². The van der Waals surface area contributed by atoms with Crippen LogP contribution >= 0.6 is 0 Å². The molecule has 2 aromatic rings. The van der Waals surface area contributed by atoms with E-state index in [4.69, 9.17) is 21.5 Å². The molecule has 7 nitrogen and oxygen atoms in total. The zero-order valence-electron chi connectivity index (χ0n) is 12.5. The minimum atomic E-state index is -0.169. The molecule has 0 saturated carbocycles. The van der Waals surface area contributed by atoms with Gasteiger partial charge in [-0.15, -0.1) is 0 Å². The molecule has 2 heterocycles. The molecule has 0 bridgehead atoms. The molecular weight excluding hydrogens is 294 g/mol. The Hall–Kier alpha value is -3.27. The van der Waals surface area contributed by atoms with Crippen LogP contribution in [0.25, 0.3) is 0 Å². The van der Waals surface area contributed by atoms with Crippen molar-refractivity contribution in [3.63, 3.8) is 0 Å². The van der Waals surface area contributed by atoms with E-state index in [9.17, 15) is 4.79 Å². The molecule has 116 valence electrons. The van der Waals surface area contributed by atoms with Crippen LogP contribution < -0.4 is 21.1 Å². The summed E-state index contributed by atoms with van der Waals surface area (Å²) in [5, 5.41) is 9.10. The van der Waals surface area contributed by atoms with Gasteiger partial charge in [0.15, 0.2) is 0 Å². The van der Waals surface area contributed by atoms with Crippen LogP contribution in [0.3, 0.4) is 0 Å².